The number of nitrogens with zero attached hydrogens (tertiary/aromatic N) is 1. The summed E-state index contributed by atoms with van der Waals surface area (Å²) in [6.07, 6.45) is 6.33. The summed E-state index contributed by atoms with van der Waals surface area (Å²) in [5.74, 6) is 1.30. The molecule has 32 heavy (non-hydrogen) atoms. The fourth-order valence-electron chi connectivity index (χ4n) is 4.40. The minimum absolute atomic E-state index is 0.225. The van der Waals surface area contributed by atoms with Gasteiger partial charge in [0.1, 0.15) is 0 Å². The largest absolute Gasteiger partial charge is 0.261 e. The van der Waals surface area contributed by atoms with Crippen molar-refractivity contribution < 1.29 is 0 Å². The molecule has 0 saturated carbocycles. The molecule has 1 N–H and O–H groups in total. The van der Waals surface area contributed by atoms with Crippen LogP contribution in [-0.2, 0) is 18.3 Å². The molecule has 3 atom stereocenters. The monoisotopic (exact) mass is 470 g/mol. The molecule has 2 rings (SSSR count). The molecule has 0 aliphatic rings. The summed E-state index contributed by atoms with van der Waals surface area (Å²) >= 11 is 8.25. The van der Waals surface area contributed by atoms with Crippen molar-refractivity contribution >= 4 is 23.5 Å². The first-order valence-corrected chi connectivity index (χ1v) is 13.4. The summed E-state index contributed by atoms with van der Waals surface area (Å²) in [6.45, 7) is 13.4. The van der Waals surface area contributed by atoms with Gasteiger partial charge >= 0.3 is 0 Å². The molecule has 174 valence electrons. The van der Waals surface area contributed by atoms with E-state index in [4.69, 9.17) is 11.6 Å². The first kappa shape index (κ1) is 26.8. The van der Waals surface area contributed by atoms with E-state index in [1.165, 1.54) is 24.0 Å². The van der Waals surface area contributed by atoms with Crippen molar-refractivity contribution in [2.24, 2.45) is 11.8 Å². The van der Waals surface area contributed by atoms with Crippen LogP contribution < -0.4 is 4.72 Å². The van der Waals surface area contributed by atoms with Gasteiger partial charge in [0.2, 0.25) is 0 Å². The number of nitrogens with one attached hydrogen (secondary N) is 1. The van der Waals surface area contributed by atoms with Gasteiger partial charge in [-0.05, 0) is 78.2 Å². The Morgan fingerprint density at radius 2 is 1.72 bits per heavy atom. The highest BCUT2D eigenvalue weighted by molar-refractivity contribution is 7.96. The molecule has 0 bridgehead atoms. The molecule has 2 aromatic carbocycles. The van der Waals surface area contributed by atoms with Gasteiger partial charge < -0.3 is 0 Å². The molecular weight excluding hydrogens is 432 g/mol. The van der Waals surface area contributed by atoms with E-state index >= 15 is 0 Å². The highest BCUT2D eigenvalue weighted by Crippen LogP contribution is 2.36. The van der Waals surface area contributed by atoms with Crippen LogP contribution in [0.25, 0.3) is 0 Å². The molecule has 3 unspecified atom stereocenters. The van der Waals surface area contributed by atoms with E-state index in [9.17, 15) is 5.26 Å². The number of halogens is 1. The normalized spacial score (nSPS) is 14.6. The Kier molecular flexibility index (Phi) is 10.1. The minimum atomic E-state index is -0.225. The molecule has 2 aromatic rings. The van der Waals surface area contributed by atoms with Gasteiger partial charge in [0.25, 0.3) is 0 Å². The maximum Gasteiger partial charge on any atom is 0.0995 e. The number of benzene rings is 2. The molecule has 0 aliphatic carbocycles. The van der Waals surface area contributed by atoms with Crippen LogP contribution in [-0.4, -0.2) is 12.3 Å². The van der Waals surface area contributed by atoms with Gasteiger partial charge in [-0.25, -0.2) is 0 Å². The molecule has 4 heteroatoms. The summed E-state index contributed by atoms with van der Waals surface area (Å²) in [5.41, 5.74) is 5.09. The van der Waals surface area contributed by atoms with Crippen molar-refractivity contribution in [1.82, 2.24) is 4.72 Å². The average Bonchev–Trinajstić information content (AvgIpc) is 2.78. The lowest BCUT2D eigenvalue weighted by atomic mass is 9.76. The zero-order valence-corrected chi connectivity index (χ0v) is 22.3. The van der Waals surface area contributed by atoms with Crippen LogP contribution in [0, 0.1) is 23.2 Å². The third kappa shape index (κ3) is 6.53. The van der Waals surface area contributed by atoms with E-state index in [0.717, 1.165) is 24.0 Å². The fraction of sp³-hybridized carbons (Fsp3) is 0.536. The Morgan fingerprint density at radius 3 is 2.25 bits per heavy atom. The Balaban J connectivity index is 2.16. The van der Waals surface area contributed by atoms with E-state index in [1.807, 2.05) is 19.1 Å². The fourth-order valence-corrected chi connectivity index (χ4v) is 5.35. The minimum Gasteiger partial charge on any atom is -0.261 e. The maximum atomic E-state index is 9.59. The molecule has 0 heterocycles. The highest BCUT2D eigenvalue weighted by Gasteiger charge is 2.25. The zero-order chi connectivity index (χ0) is 23.9. The van der Waals surface area contributed by atoms with Crippen molar-refractivity contribution in [3.63, 3.8) is 0 Å². The Morgan fingerprint density at radius 1 is 1.06 bits per heavy atom. The van der Waals surface area contributed by atoms with Crippen molar-refractivity contribution in [1.29, 1.82) is 5.26 Å². The van der Waals surface area contributed by atoms with Gasteiger partial charge in [-0.2, -0.15) is 5.26 Å². The van der Waals surface area contributed by atoms with Gasteiger partial charge in [0.05, 0.1) is 11.6 Å². The number of hydrogen-bond donors (Lipinski definition) is 1. The topological polar surface area (TPSA) is 35.8 Å². The summed E-state index contributed by atoms with van der Waals surface area (Å²) in [5, 5.41) is 10.3. The summed E-state index contributed by atoms with van der Waals surface area (Å²) in [6, 6.07) is 16.0. The molecule has 0 fully saturated rings. The van der Waals surface area contributed by atoms with Crippen LogP contribution in [0.3, 0.4) is 0 Å². The van der Waals surface area contributed by atoms with Gasteiger partial charge in [0.15, 0.2) is 0 Å². The molecule has 0 saturated heterocycles. The van der Waals surface area contributed by atoms with Crippen LogP contribution in [0.5, 0.6) is 0 Å². The van der Waals surface area contributed by atoms with Crippen LogP contribution in [0.4, 0.5) is 0 Å². The van der Waals surface area contributed by atoms with Crippen molar-refractivity contribution in [3.8, 4) is 6.07 Å². The number of rotatable bonds is 11. The maximum absolute atomic E-state index is 9.59. The Bertz CT molecular complexity index is 914. The number of hydrogen-bond acceptors (Lipinski definition) is 3. The van der Waals surface area contributed by atoms with Gasteiger partial charge in [-0.15, -0.1) is 0 Å². The van der Waals surface area contributed by atoms with Gasteiger partial charge in [0, 0.05) is 16.5 Å². The molecule has 2 nitrogen and oxygen atoms in total. The lowest BCUT2D eigenvalue weighted by Crippen LogP contribution is -2.27. The smallest absolute Gasteiger partial charge is 0.0995 e. The first-order chi connectivity index (χ1) is 15.2. The second-order valence-corrected chi connectivity index (χ2v) is 10.6. The summed E-state index contributed by atoms with van der Waals surface area (Å²) in [7, 11) is 0. The summed E-state index contributed by atoms with van der Waals surface area (Å²) < 4.78 is 3.53. The van der Waals surface area contributed by atoms with Crippen molar-refractivity contribution in [2.75, 3.05) is 6.26 Å². The zero-order valence-electron chi connectivity index (χ0n) is 20.8. The number of nitriles is 1. The predicted molar refractivity (Wildman–Crippen MR) is 141 cm³/mol. The quantitative estimate of drug-likeness (QED) is 0.338. The van der Waals surface area contributed by atoms with Crippen molar-refractivity contribution in [3.05, 3.63) is 69.2 Å². The summed E-state index contributed by atoms with van der Waals surface area (Å²) in [4.78, 5) is 0. The molecular formula is C28H39ClN2S. The van der Waals surface area contributed by atoms with E-state index < -0.39 is 0 Å². The lowest BCUT2D eigenvalue weighted by Gasteiger charge is -2.28. The van der Waals surface area contributed by atoms with Gasteiger partial charge in [-0.3, -0.25) is 4.72 Å². The standard InChI is InChI=1S/C28H39ClN2S/c1-8-25(31-32-7)15-20(4)19(3)14-21-10-12-23(13-11-21)28(5,6)24-16-22(18-30)26(9-2)27(29)17-24/h10-13,16-17,19-20,25,31H,8-9,14-15H2,1-7H3. The van der Waals surface area contributed by atoms with E-state index in [-0.39, 0.29) is 5.41 Å². The Labute approximate surface area is 205 Å². The SMILES string of the molecule is CCc1c(Cl)cc(C(C)(C)c2ccc(CC(C)C(C)CC(CC)NSC)cc2)cc1C#N. The lowest BCUT2D eigenvalue weighted by molar-refractivity contribution is 0.327. The second-order valence-electron chi connectivity index (χ2n) is 9.59. The van der Waals surface area contributed by atoms with E-state index in [2.05, 4.69) is 75.9 Å². The molecule has 0 aromatic heterocycles. The molecule has 0 aliphatic heterocycles. The van der Waals surface area contributed by atoms with Crippen LogP contribution >= 0.6 is 23.5 Å². The van der Waals surface area contributed by atoms with Crippen molar-refractivity contribution in [2.45, 2.75) is 78.7 Å². The van der Waals surface area contributed by atoms with Crippen LogP contribution in [0.1, 0.15) is 82.2 Å². The first-order valence-electron chi connectivity index (χ1n) is 11.8. The molecule has 0 amide bonds. The second kappa shape index (κ2) is 12.1. The van der Waals surface area contributed by atoms with E-state index in [0.29, 0.717) is 28.5 Å². The third-order valence-corrected chi connectivity index (χ3v) is 7.94. The van der Waals surface area contributed by atoms with Gasteiger partial charge in [-0.1, -0.05) is 89.4 Å². The van der Waals surface area contributed by atoms with Crippen LogP contribution in [0.2, 0.25) is 5.02 Å². The molecule has 0 radical (unpaired) electrons. The Hall–Kier alpha value is -1.47. The van der Waals surface area contributed by atoms with Crippen LogP contribution in [0.15, 0.2) is 36.4 Å². The average molecular weight is 471 g/mol. The predicted octanol–water partition coefficient (Wildman–Crippen LogP) is 7.95. The molecule has 0 spiro atoms. The highest BCUT2D eigenvalue weighted by atomic mass is 35.5. The van der Waals surface area contributed by atoms with E-state index in [1.54, 1.807) is 11.9 Å². The third-order valence-electron chi connectivity index (χ3n) is 7.03.